The van der Waals surface area contributed by atoms with Crippen molar-refractivity contribution in [3.63, 3.8) is 0 Å². The van der Waals surface area contributed by atoms with Gasteiger partial charge in [0, 0.05) is 22.6 Å². The fourth-order valence-corrected chi connectivity index (χ4v) is 2.73. The van der Waals surface area contributed by atoms with Crippen LogP contribution in [0.1, 0.15) is 25.3 Å². The molecule has 1 fully saturated rings. The summed E-state index contributed by atoms with van der Waals surface area (Å²) in [5, 5.41) is 1.98. The smallest absolute Gasteiger partial charge is 0.122 e. The van der Waals surface area contributed by atoms with Gasteiger partial charge in [-0.3, -0.25) is 0 Å². The molecule has 2 N–H and O–H groups in total. The van der Waals surface area contributed by atoms with Gasteiger partial charge in [-0.2, -0.15) is 0 Å². The van der Waals surface area contributed by atoms with Gasteiger partial charge in [-0.05, 0) is 49.8 Å². The fraction of sp³-hybridized carbons (Fsp3) is 0.500. The number of aromatic nitrogens is 1. The average Bonchev–Trinajstić information content (AvgIpc) is 3.14. The van der Waals surface area contributed by atoms with E-state index in [1.807, 2.05) is 19.1 Å². The SMILES string of the molecule is CC(N)Cc1cn(COCC2CC2)c2cc(Cl)ccc12. The van der Waals surface area contributed by atoms with Crippen molar-refractivity contribution in [3.05, 3.63) is 35.0 Å². The minimum atomic E-state index is 0.150. The first kappa shape index (κ1) is 13.9. The number of fused-ring (bicyclic) bond motifs is 1. The molecular formula is C16H21ClN2O. The average molecular weight is 293 g/mol. The molecule has 1 aliphatic rings. The molecule has 0 amide bonds. The highest BCUT2D eigenvalue weighted by Gasteiger charge is 2.21. The van der Waals surface area contributed by atoms with Gasteiger partial charge in [0.25, 0.3) is 0 Å². The lowest BCUT2D eigenvalue weighted by Crippen LogP contribution is -2.17. The number of nitrogens with two attached hydrogens (primary N) is 1. The zero-order valence-electron chi connectivity index (χ0n) is 11.8. The van der Waals surface area contributed by atoms with Gasteiger partial charge in [-0.25, -0.2) is 0 Å². The Labute approximate surface area is 124 Å². The fourth-order valence-electron chi connectivity index (χ4n) is 2.56. The van der Waals surface area contributed by atoms with Crippen molar-refractivity contribution in [2.45, 2.75) is 39.0 Å². The van der Waals surface area contributed by atoms with Crippen LogP contribution in [0.3, 0.4) is 0 Å². The number of benzene rings is 1. The molecule has 1 unspecified atom stereocenters. The monoisotopic (exact) mass is 292 g/mol. The molecule has 2 aromatic rings. The molecule has 1 atom stereocenters. The zero-order valence-corrected chi connectivity index (χ0v) is 12.6. The summed E-state index contributed by atoms with van der Waals surface area (Å²) in [6.07, 6.45) is 5.65. The Bertz CT molecular complexity index is 602. The Kier molecular flexibility index (Phi) is 4.01. The van der Waals surface area contributed by atoms with Crippen molar-refractivity contribution < 1.29 is 4.74 Å². The molecule has 0 aliphatic heterocycles. The van der Waals surface area contributed by atoms with Gasteiger partial charge in [-0.15, -0.1) is 0 Å². The summed E-state index contributed by atoms with van der Waals surface area (Å²) < 4.78 is 7.94. The van der Waals surface area contributed by atoms with Crippen molar-refractivity contribution in [1.82, 2.24) is 4.57 Å². The van der Waals surface area contributed by atoms with E-state index in [1.54, 1.807) is 0 Å². The maximum atomic E-state index is 6.12. The van der Waals surface area contributed by atoms with Crippen LogP contribution in [0.25, 0.3) is 10.9 Å². The molecule has 1 aromatic heterocycles. The second-order valence-electron chi connectivity index (χ2n) is 5.91. The molecule has 3 rings (SSSR count). The first-order valence-corrected chi connectivity index (χ1v) is 7.62. The molecule has 1 aliphatic carbocycles. The van der Waals surface area contributed by atoms with Gasteiger partial charge in [0.2, 0.25) is 0 Å². The molecule has 0 spiro atoms. The summed E-state index contributed by atoms with van der Waals surface area (Å²) in [6.45, 7) is 3.48. The lowest BCUT2D eigenvalue weighted by Gasteiger charge is -2.06. The van der Waals surface area contributed by atoms with E-state index in [1.165, 1.54) is 23.8 Å². The predicted molar refractivity (Wildman–Crippen MR) is 83.0 cm³/mol. The van der Waals surface area contributed by atoms with Crippen LogP contribution in [0.2, 0.25) is 5.02 Å². The normalized spacial score (nSPS) is 16.8. The van der Waals surface area contributed by atoms with E-state index in [9.17, 15) is 0 Å². The van der Waals surface area contributed by atoms with Crippen molar-refractivity contribution in [2.24, 2.45) is 11.7 Å². The quantitative estimate of drug-likeness (QED) is 0.884. The highest BCUT2D eigenvalue weighted by Crippen LogP contribution is 2.29. The van der Waals surface area contributed by atoms with Gasteiger partial charge < -0.3 is 15.0 Å². The molecule has 0 radical (unpaired) electrons. The van der Waals surface area contributed by atoms with Crippen LogP contribution in [0.15, 0.2) is 24.4 Å². The van der Waals surface area contributed by atoms with Crippen molar-refractivity contribution in [1.29, 1.82) is 0 Å². The number of halogens is 1. The van der Waals surface area contributed by atoms with Crippen LogP contribution >= 0.6 is 11.6 Å². The maximum absolute atomic E-state index is 6.12. The van der Waals surface area contributed by atoms with Crippen molar-refractivity contribution in [3.8, 4) is 0 Å². The highest BCUT2D eigenvalue weighted by molar-refractivity contribution is 6.31. The van der Waals surface area contributed by atoms with E-state index in [2.05, 4.69) is 16.8 Å². The lowest BCUT2D eigenvalue weighted by atomic mass is 10.1. The van der Waals surface area contributed by atoms with Gasteiger partial charge in [-0.1, -0.05) is 17.7 Å². The first-order chi connectivity index (χ1) is 9.63. The third kappa shape index (κ3) is 3.17. The molecule has 20 heavy (non-hydrogen) atoms. The molecular weight excluding hydrogens is 272 g/mol. The Balaban J connectivity index is 1.85. The summed E-state index contributed by atoms with van der Waals surface area (Å²) in [5.74, 6) is 0.781. The van der Waals surface area contributed by atoms with Crippen LogP contribution in [-0.2, 0) is 17.9 Å². The van der Waals surface area contributed by atoms with Crippen molar-refractivity contribution in [2.75, 3.05) is 6.61 Å². The number of hydrogen-bond donors (Lipinski definition) is 1. The molecule has 1 aromatic carbocycles. The number of rotatable bonds is 6. The molecule has 0 bridgehead atoms. The van der Waals surface area contributed by atoms with E-state index in [-0.39, 0.29) is 6.04 Å². The van der Waals surface area contributed by atoms with Crippen LogP contribution in [0.5, 0.6) is 0 Å². The molecule has 1 heterocycles. The topological polar surface area (TPSA) is 40.2 Å². The van der Waals surface area contributed by atoms with Gasteiger partial charge in [0.15, 0.2) is 0 Å². The zero-order chi connectivity index (χ0) is 14.1. The number of hydrogen-bond acceptors (Lipinski definition) is 2. The highest BCUT2D eigenvalue weighted by atomic mass is 35.5. The predicted octanol–water partition coefficient (Wildman–Crippen LogP) is 3.57. The molecule has 0 saturated heterocycles. The van der Waals surface area contributed by atoms with Crippen LogP contribution in [0, 0.1) is 5.92 Å². The third-order valence-electron chi connectivity index (χ3n) is 3.75. The minimum absolute atomic E-state index is 0.150. The second kappa shape index (κ2) is 5.76. The Hall–Kier alpha value is -1.03. The summed E-state index contributed by atoms with van der Waals surface area (Å²) in [4.78, 5) is 0. The first-order valence-electron chi connectivity index (χ1n) is 7.24. The van der Waals surface area contributed by atoms with Crippen LogP contribution in [-0.4, -0.2) is 17.2 Å². The standard InChI is InChI=1S/C16H21ClN2O/c1-11(18)6-13-8-19(10-20-9-12-2-3-12)16-7-14(17)4-5-15(13)16/h4-5,7-8,11-12H,2-3,6,9-10,18H2,1H3. The van der Waals surface area contributed by atoms with E-state index >= 15 is 0 Å². The minimum Gasteiger partial charge on any atom is -0.360 e. The second-order valence-corrected chi connectivity index (χ2v) is 6.35. The molecule has 3 nitrogen and oxygen atoms in total. The van der Waals surface area contributed by atoms with E-state index in [4.69, 9.17) is 22.1 Å². The summed E-state index contributed by atoms with van der Waals surface area (Å²) in [7, 11) is 0. The third-order valence-corrected chi connectivity index (χ3v) is 3.98. The summed E-state index contributed by atoms with van der Waals surface area (Å²) in [6, 6.07) is 6.16. The largest absolute Gasteiger partial charge is 0.360 e. The number of nitrogens with zero attached hydrogens (tertiary/aromatic N) is 1. The molecule has 4 heteroatoms. The van der Waals surface area contributed by atoms with Gasteiger partial charge in [0.05, 0.1) is 12.1 Å². The Morgan fingerprint density at radius 3 is 2.95 bits per heavy atom. The van der Waals surface area contributed by atoms with Crippen LogP contribution < -0.4 is 5.73 Å². The summed E-state index contributed by atoms with van der Waals surface area (Å²) in [5.41, 5.74) is 8.33. The maximum Gasteiger partial charge on any atom is 0.122 e. The van der Waals surface area contributed by atoms with E-state index in [0.29, 0.717) is 6.73 Å². The van der Waals surface area contributed by atoms with Crippen molar-refractivity contribution >= 4 is 22.5 Å². The molecule has 108 valence electrons. The van der Waals surface area contributed by atoms with Crippen LogP contribution in [0.4, 0.5) is 0 Å². The van der Waals surface area contributed by atoms with E-state index < -0.39 is 0 Å². The Morgan fingerprint density at radius 1 is 1.45 bits per heavy atom. The lowest BCUT2D eigenvalue weighted by molar-refractivity contribution is 0.0717. The Morgan fingerprint density at radius 2 is 2.25 bits per heavy atom. The van der Waals surface area contributed by atoms with Gasteiger partial charge in [0.1, 0.15) is 6.73 Å². The molecule has 1 saturated carbocycles. The van der Waals surface area contributed by atoms with E-state index in [0.717, 1.165) is 29.5 Å². The summed E-state index contributed by atoms with van der Waals surface area (Å²) >= 11 is 6.12. The number of ether oxygens (including phenoxy) is 1. The van der Waals surface area contributed by atoms with Gasteiger partial charge >= 0.3 is 0 Å².